The number of aliphatic carboxylic acids is 1. The maximum Gasteiger partial charge on any atom is 0.313 e. The van der Waals surface area contributed by atoms with Gasteiger partial charge in [0.1, 0.15) is 0 Å². The average Bonchev–Trinajstić information content (AvgIpc) is 2.52. The Bertz CT molecular complexity index is 641. The fraction of sp³-hybridized carbons (Fsp3) is 0.176. The number of ketones is 1. The molecule has 0 aromatic heterocycles. The molecule has 5 heteroatoms. The van der Waals surface area contributed by atoms with Crippen LogP contribution >= 0.6 is 23.4 Å². The first-order valence-corrected chi connectivity index (χ1v) is 8.16. The van der Waals surface area contributed by atoms with Gasteiger partial charge in [0.2, 0.25) is 0 Å². The van der Waals surface area contributed by atoms with E-state index in [4.69, 9.17) is 16.7 Å². The van der Waals surface area contributed by atoms with Gasteiger partial charge in [-0.25, -0.2) is 0 Å². The molecule has 0 heterocycles. The summed E-state index contributed by atoms with van der Waals surface area (Å²) in [7, 11) is 0. The van der Waals surface area contributed by atoms with Crippen molar-refractivity contribution in [1.82, 2.24) is 0 Å². The lowest BCUT2D eigenvalue weighted by Gasteiger charge is -2.15. The summed E-state index contributed by atoms with van der Waals surface area (Å²) in [5.41, 5.74) is 1.54. The number of Topliss-reactive ketones (excluding diaryl/α,β-unsaturated/α-hetero) is 1. The monoisotopic (exact) mass is 334 g/mol. The van der Waals surface area contributed by atoms with Crippen molar-refractivity contribution in [3.8, 4) is 0 Å². The minimum atomic E-state index is -0.884. The Balaban J connectivity index is 2.13. The van der Waals surface area contributed by atoms with Crippen molar-refractivity contribution in [2.75, 3.05) is 5.75 Å². The molecule has 0 saturated carbocycles. The van der Waals surface area contributed by atoms with Gasteiger partial charge in [-0.05, 0) is 29.8 Å². The number of halogens is 1. The Morgan fingerprint density at radius 2 is 1.68 bits per heavy atom. The van der Waals surface area contributed by atoms with Crippen LogP contribution in [0.2, 0.25) is 5.02 Å². The molecule has 2 aromatic carbocycles. The number of carbonyl (C=O) groups excluding carboxylic acids is 1. The molecule has 3 nitrogen and oxygen atoms in total. The van der Waals surface area contributed by atoms with Gasteiger partial charge in [-0.2, -0.15) is 0 Å². The summed E-state index contributed by atoms with van der Waals surface area (Å²) < 4.78 is 0. The van der Waals surface area contributed by atoms with Gasteiger partial charge in [0.25, 0.3) is 0 Å². The van der Waals surface area contributed by atoms with Crippen LogP contribution in [0.4, 0.5) is 0 Å². The van der Waals surface area contributed by atoms with E-state index < -0.39 is 5.97 Å². The number of benzene rings is 2. The molecule has 0 saturated heterocycles. The lowest BCUT2D eigenvalue weighted by Crippen LogP contribution is -2.08. The van der Waals surface area contributed by atoms with Crippen molar-refractivity contribution in [2.45, 2.75) is 11.7 Å². The quantitative estimate of drug-likeness (QED) is 0.759. The summed E-state index contributed by atoms with van der Waals surface area (Å²) in [5.74, 6) is -0.943. The highest BCUT2D eigenvalue weighted by Crippen LogP contribution is 2.33. The van der Waals surface area contributed by atoms with E-state index in [1.165, 1.54) is 11.8 Å². The Kier molecular flexibility index (Phi) is 6.04. The van der Waals surface area contributed by atoms with Crippen molar-refractivity contribution in [2.24, 2.45) is 0 Å². The first kappa shape index (κ1) is 16.6. The first-order valence-electron chi connectivity index (χ1n) is 6.73. The molecule has 114 valence electrons. The van der Waals surface area contributed by atoms with Crippen molar-refractivity contribution in [3.05, 3.63) is 70.7 Å². The van der Waals surface area contributed by atoms with E-state index in [0.717, 1.165) is 5.56 Å². The Hall–Kier alpha value is -1.78. The zero-order chi connectivity index (χ0) is 15.9. The highest BCUT2D eigenvalue weighted by Gasteiger charge is 2.18. The van der Waals surface area contributed by atoms with E-state index in [1.807, 2.05) is 30.3 Å². The summed E-state index contributed by atoms with van der Waals surface area (Å²) in [4.78, 5) is 23.2. The van der Waals surface area contributed by atoms with Crippen molar-refractivity contribution < 1.29 is 14.7 Å². The molecule has 0 fully saturated rings. The average molecular weight is 335 g/mol. The molecule has 0 aliphatic carbocycles. The molecule has 1 unspecified atom stereocenters. The van der Waals surface area contributed by atoms with Crippen LogP contribution in [0.25, 0.3) is 0 Å². The largest absolute Gasteiger partial charge is 0.481 e. The van der Waals surface area contributed by atoms with Crippen molar-refractivity contribution >= 4 is 35.1 Å². The molecule has 0 spiro atoms. The Morgan fingerprint density at radius 3 is 2.27 bits per heavy atom. The lowest BCUT2D eigenvalue weighted by molar-refractivity contribution is -0.133. The predicted molar refractivity (Wildman–Crippen MR) is 89.7 cm³/mol. The topological polar surface area (TPSA) is 54.4 Å². The minimum absolute atomic E-state index is 0.0246. The second kappa shape index (κ2) is 8.01. The molecule has 0 aliphatic heterocycles. The Labute approximate surface area is 138 Å². The number of hydrogen-bond donors (Lipinski definition) is 1. The van der Waals surface area contributed by atoms with Crippen LogP contribution < -0.4 is 0 Å². The van der Waals surface area contributed by atoms with Crippen LogP contribution in [0, 0.1) is 0 Å². The van der Waals surface area contributed by atoms with Gasteiger partial charge in [0.05, 0.1) is 5.75 Å². The fourth-order valence-corrected chi connectivity index (χ4v) is 3.12. The highest BCUT2D eigenvalue weighted by atomic mass is 35.5. The third kappa shape index (κ3) is 4.90. The number of rotatable bonds is 7. The van der Waals surface area contributed by atoms with E-state index in [-0.39, 0.29) is 23.2 Å². The third-order valence-electron chi connectivity index (χ3n) is 3.12. The fourth-order valence-electron chi connectivity index (χ4n) is 2.03. The molecule has 1 N–H and O–H groups in total. The molecule has 0 aliphatic rings. The van der Waals surface area contributed by atoms with Gasteiger partial charge >= 0.3 is 5.97 Å². The van der Waals surface area contributed by atoms with Gasteiger partial charge in [-0.1, -0.05) is 41.9 Å². The maximum absolute atomic E-state index is 12.4. The van der Waals surface area contributed by atoms with Gasteiger partial charge in [0, 0.05) is 22.3 Å². The number of thioether (sulfide) groups is 1. The van der Waals surface area contributed by atoms with Gasteiger partial charge in [-0.15, -0.1) is 11.8 Å². The van der Waals surface area contributed by atoms with Gasteiger partial charge in [0.15, 0.2) is 5.78 Å². The van der Waals surface area contributed by atoms with E-state index >= 15 is 0 Å². The molecule has 0 radical (unpaired) electrons. The molecular formula is C17H15ClO3S. The number of carbonyl (C=O) groups is 2. The summed E-state index contributed by atoms with van der Waals surface area (Å²) >= 11 is 7.08. The van der Waals surface area contributed by atoms with Crippen LogP contribution in [0.5, 0.6) is 0 Å². The normalized spacial score (nSPS) is 11.9. The number of hydrogen-bond acceptors (Lipinski definition) is 3. The van der Waals surface area contributed by atoms with Crippen LogP contribution in [-0.4, -0.2) is 22.6 Å². The molecule has 2 rings (SSSR count). The van der Waals surface area contributed by atoms with Crippen LogP contribution in [0.3, 0.4) is 0 Å². The van der Waals surface area contributed by atoms with E-state index in [1.54, 1.807) is 24.3 Å². The van der Waals surface area contributed by atoms with Crippen LogP contribution in [0.1, 0.15) is 27.6 Å². The summed E-state index contributed by atoms with van der Waals surface area (Å²) in [6.45, 7) is 0. The second-order valence-corrected chi connectivity index (χ2v) is 6.37. The summed E-state index contributed by atoms with van der Waals surface area (Å²) in [6, 6.07) is 16.2. The third-order valence-corrected chi connectivity index (χ3v) is 4.62. The Morgan fingerprint density at radius 1 is 1.05 bits per heavy atom. The highest BCUT2D eigenvalue weighted by molar-refractivity contribution is 8.00. The lowest BCUT2D eigenvalue weighted by atomic mass is 10.0. The van der Waals surface area contributed by atoms with E-state index in [0.29, 0.717) is 10.6 Å². The molecule has 0 amide bonds. The minimum Gasteiger partial charge on any atom is -0.481 e. The van der Waals surface area contributed by atoms with Gasteiger partial charge < -0.3 is 5.11 Å². The predicted octanol–water partition coefficient (Wildman–Crippen LogP) is 4.47. The SMILES string of the molecule is O=C(O)CSC(CC(=O)c1ccc(Cl)cc1)c1ccccc1. The summed E-state index contributed by atoms with van der Waals surface area (Å²) in [6.07, 6.45) is 0.254. The standard InChI is InChI=1S/C17H15ClO3S/c18-14-8-6-12(7-9-14)15(19)10-16(22-11-17(20)21)13-4-2-1-3-5-13/h1-9,16H,10-11H2,(H,20,21). The number of carboxylic acid groups (broad SMARTS) is 1. The smallest absolute Gasteiger partial charge is 0.313 e. The van der Waals surface area contributed by atoms with Crippen molar-refractivity contribution in [3.63, 3.8) is 0 Å². The van der Waals surface area contributed by atoms with Crippen LogP contribution in [0.15, 0.2) is 54.6 Å². The molecule has 0 bridgehead atoms. The first-order chi connectivity index (χ1) is 10.6. The second-order valence-electron chi connectivity index (χ2n) is 4.74. The summed E-state index contributed by atoms with van der Waals surface area (Å²) in [5, 5.41) is 9.27. The van der Waals surface area contributed by atoms with Crippen LogP contribution in [-0.2, 0) is 4.79 Å². The maximum atomic E-state index is 12.4. The van der Waals surface area contributed by atoms with Crippen molar-refractivity contribution in [1.29, 1.82) is 0 Å². The van der Waals surface area contributed by atoms with Gasteiger partial charge in [-0.3, -0.25) is 9.59 Å². The van der Waals surface area contributed by atoms with E-state index in [9.17, 15) is 9.59 Å². The van der Waals surface area contributed by atoms with E-state index in [2.05, 4.69) is 0 Å². The number of carboxylic acids is 1. The molecular weight excluding hydrogens is 320 g/mol. The zero-order valence-electron chi connectivity index (χ0n) is 11.7. The molecule has 22 heavy (non-hydrogen) atoms. The molecule has 2 aromatic rings. The zero-order valence-corrected chi connectivity index (χ0v) is 13.3. The molecule has 1 atom stereocenters.